The quantitative estimate of drug-likeness (QED) is 0.414. The molecule has 3 aromatic heterocycles. The van der Waals surface area contributed by atoms with Gasteiger partial charge in [0.15, 0.2) is 0 Å². The van der Waals surface area contributed by atoms with Crippen molar-refractivity contribution in [1.82, 2.24) is 19.9 Å². The van der Waals surface area contributed by atoms with Gasteiger partial charge < -0.3 is 5.73 Å². The highest BCUT2D eigenvalue weighted by Crippen LogP contribution is 2.38. The van der Waals surface area contributed by atoms with Crippen LogP contribution in [0.1, 0.15) is 11.3 Å². The lowest BCUT2D eigenvalue weighted by Gasteiger charge is -2.15. The Bertz CT molecular complexity index is 1550. The normalized spacial score (nSPS) is 10.8. The van der Waals surface area contributed by atoms with Crippen LogP contribution in [0, 0.1) is 24.1 Å². The summed E-state index contributed by atoms with van der Waals surface area (Å²) >= 11 is 0. The second-order valence-corrected chi connectivity index (χ2v) is 7.53. The van der Waals surface area contributed by atoms with Crippen molar-refractivity contribution < 1.29 is 4.39 Å². The van der Waals surface area contributed by atoms with E-state index < -0.39 is 0 Å². The van der Waals surface area contributed by atoms with Crippen LogP contribution in [0.3, 0.4) is 0 Å². The van der Waals surface area contributed by atoms with Crippen LogP contribution in [-0.2, 0) is 0 Å². The highest BCUT2D eigenvalue weighted by molar-refractivity contribution is 5.92. The van der Waals surface area contributed by atoms with E-state index in [-0.39, 0.29) is 11.6 Å². The summed E-state index contributed by atoms with van der Waals surface area (Å²) in [6.45, 7) is 1.93. The molecule has 158 valence electrons. The summed E-state index contributed by atoms with van der Waals surface area (Å²) in [5.41, 5.74) is 12.4. The van der Waals surface area contributed by atoms with Gasteiger partial charge >= 0.3 is 0 Å². The SMILES string of the molecule is Cc1ncnc2ccc(-c3cc(-c4ncccc4C#N)c(N)nc3-c3ccc(F)cc3)cc12. The first-order valence-corrected chi connectivity index (χ1v) is 10.2. The van der Waals surface area contributed by atoms with Crippen molar-refractivity contribution in [2.45, 2.75) is 6.92 Å². The Balaban J connectivity index is 1.81. The third-order valence-corrected chi connectivity index (χ3v) is 5.50. The van der Waals surface area contributed by atoms with Crippen LogP contribution < -0.4 is 5.73 Å². The average molecular weight is 432 g/mol. The molecule has 0 amide bonds. The summed E-state index contributed by atoms with van der Waals surface area (Å²) < 4.78 is 13.6. The molecule has 7 heteroatoms. The molecule has 0 aliphatic heterocycles. The Morgan fingerprint density at radius 2 is 1.67 bits per heavy atom. The molecule has 0 bridgehead atoms. The van der Waals surface area contributed by atoms with Gasteiger partial charge in [0, 0.05) is 34.0 Å². The Labute approximate surface area is 189 Å². The molecular weight excluding hydrogens is 415 g/mol. The zero-order valence-electron chi connectivity index (χ0n) is 17.6. The topological polar surface area (TPSA) is 101 Å². The molecule has 5 rings (SSSR count). The van der Waals surface area contributed by atoms with Gasteiger partial charge in [-0.1, -0.05) is 6.07 Å². The lowest BCUT2D eigenvalue weighted by atomic mass is 9.94. The molecule has 0 fully saturated rings. The van der Waals surface area contributed by atoms with Crippen LogP contribution in [0.4, 0.5) is 10.2 Å². The number of aromatic nitrogens is 4. The van der Waals surface area contributed by atoms with Crippen molar-refractivity contribution in [1.29, 1.82) is 5.26 Å². The molecule has 0 radical (unpaired) electrons. The first kappa shape index (κ1) is 20.2. The molecule has 0 saturated carbocycles. The smallest absolute Gasteiger partial charge is 0.133 e. The van der Waals surface area contributed by atoms with Gasteiger partial charge in [0.2, 0.25) is 0 Å². The van der Waals surface area contributed by atoms with Gasteiger partial charge in [0.25, 0.3) is 0 Å². The van der Waals surface area contributed by atoms with E-state index in [2.05, 4.69) is 26.0 Å². The first-order chi connectivity index (χ1) is 16.0. The number of hydrogen-bond acceptors (Lipinski definition) is 6. The minimum absolute atomic E-state index is 0.230. The summed E-state index contributed by atoms with van der Waals surface area (Å²) in [4.78, 5) is 17.7. The van der Waals surface area contributed by atoms with Crippen LogP contribution in [0.25, 0.3) is 44.5 Å². The van der Waals surface area contributed by atoms with E-state index in [9.17, 15) is 9.65 Å². The largest absolute Gasteiger partial charge is 0.383 e. The lowest BCUT2D eigenvalue weighted by molar-refractivity contribution is 0.628. The number of pyridine rings is 2. The Morgan fingerprint density at radius 1 is 0.879 bits per heavy atom. The van der Waals surface area contributed by atoms with E-state index in [0.717, 1.165) is 27.7 Å². The molecule has 33 heavy (non-hydrogen) atoms. The minimum atomic E-state index is -0.337. The van der Waals surface area contributed by atoms with E-state index in [1.54, 1.807) is 30.5 Å². The predicted molar refractivity (Wildman–Crippen MR) is 125 cm³/mol. The number of halogens is 1. The fraction of sp³-hybridized carbons (Fsp3) is 0.0385. The number of nitriles is 1. The molecule has 5 aromatic rings. The molecule has 0 saturated heterocycles. The first-order valence-electron chi connectivity index (χ1n) is 10.2. The van der Waals surface area contributed by atoms with E-state index in [4.69, 9.17) is 5.73 Å². The highest BCUT2D eigenvalue weighted by atomic mass is 19.1. The monoisotopic (exact) mass is 432 g/mol. The maximum Gasteiger partial charge on any atom is 0.133 e. The van der Waals surface area contributed by atoms with E-state index in [0.29, 0.717) is 28.1 Å². The lowest BCUT2D eigenvalue weighted by Crippen LogP contribution is -2.01. The second kappa shape index (κ2) is 8.09. The van der Waals surface area contributed by atoms with E-state index in [1.807, 2.05) is 31.2 Å². The molecule has 0 atom stereocenters. The summed E-state index contributed by atoms with van der Waals surface area (Å²) in [5, 5.41) is 10.5. The summed E-state index contributed by atoms with van der Waals surface area (Å²) in [6, 6.07) is 19.4. The Morgan fingerprint density at radius 3 is 2.45 bits per heavy atom. The Hall–Kier alpha value is -4.70. The van der Waals surface area contributed by atoms with Crippen molar-refractivity contribution in [3.63, 3.8) is 0 Å². The zero-order chi connectivity index (χ0) is 22.9. The summed E-state index contributed by atoms with van der Waals surface area (Å²) in [6.07, 6.45) is 3.15. The molecule has 2 aromatic carbocycles. The van der Waals surface area contributed by atoms with Crippen molar-refractivity contribution >= 4 is 16.7 Å². The maximum atomic E-state index is 13.6. The summed E-state index contributed by atoms with van der Waals surface area (Å²) in [7, 11) is 0. The van der Waals surface area contributed by atoms with Gasteiger partial charge in [0.1, 0.15) is 24.0 Å². The van der Waals surface area contributed by atoms with Gasteiger partial charge in [0.05, 0.1) is 22.5 Å². The van der Waals surface area contributed by atoms with Crippen LogP contribution in [0.2, 0.25) is 0 Å². The van der Waals surface area contributed by atoms with Crippen LogP contribution in [0.15, 0.2) is 73.2 Å². The van der Waals surface area contributed by atoms with Crippen molar-refractivity contribution in [2.24, 2.45) is 0 Å². The minimum Gasteiger partial charge on any atom is -0.383 e. The highest BCUT2D eigenvalue weighted by Gasteiger charge is 2.18. The standard InChI is InChI=1S/C26H17FN6/c1-15-20-11-17(6-9-23(20)32-14-31-15)21-12-22(24-18(13-28)3-2-10-30-24)26(29)33-25(21)16-4-7-19(27)8-5-16/h2-12,14H,1H3,(H2,29,33). The van der Waals surface area contributed by atoms with E-state index in [1.165, 1.54) is 18.5 Å². The number of nitrogen functional groups attached to an aromatic ring is 1. The number of benzene rings is 2. The van der Waals surface area contributed by atoms with Crippen LogP contribution in [0.5, 0.6) is 0 Å². The van der Waals surface area contributed by atoms with Gasteiger partial charge in [-0.25, -0.2) is 19.3 Å². The zero-order valence-corrected chi connectivity index (χ0v) is 17.6. The molecule has 2 N–H and O–H groups in total. The van der Waals surface area contributed by atoms with Crippen molar-refractivity contribution in [3.05, 3.63) is 90.3 Å². The molecule has 0 spiro atoms. The Kier molecular flexibility index (Phi) is 4.96. The van der Waals surface area contributed by atoms with Crippen molar-refractivity contribution in [3.8, 4) is 39.7 Å². The second-order valence-electron chi connectivity index (χ2n) is 7.53. The van der Waals surface area contributed by atoms with Gasteiger partial charge in [-0.15, -0.1) is 0 Å². The third-order valence-electron chi connectivity index (χ3n) is 5.50. The predicted octanol–water partition coefficient (Wildman–Crippen LogP) is 5.32. The van der Waals surface area contributed by atoms with Gasteiger partial charge in [-0.2, -0.15) is 5.26 Å². The number of hydrogen-bond donors (Lipinski definition) is 1. The fourth-order valence-electron chi connectivity index (χ4n) is 3.83. The molecule has 3 heterocycles. The van der Waals surface area contributed by atoms with Crippen LogP contribution >= 0.6 is 0 Å². The molecule has 0 unspecified atom stereocenters. The number of nitrogens with zero attached hydrogens (tertiary/aromatic N) is 5. The molecule has 6 nitrogen and oxygen atoms in total. The average Bonchev–Trinajstić information content (AvgIpc) is 2.84. The maximum absolute atomic E-state index is 13.6. The fourth-order valence-corrected chi connectivity index (χ4v) is 3.83. The molecule has 0 aliphatic carbocycles. The van der Waals surface area contributed by atoms with Crippen LogP contribution in [-0.4, -0.2) is 19.9 Å². The molecule has 0 aliphatic rings. The number of anilines is 1. The summed E-state index contributed by atoms with van der Waals surface area (Å²) in [5.74, 6) is -0.107. The third kappa shape index (κ3) is 3.64. The van der Waals surface area contributed by atoms with Gasteiger partial charge in [-0.3, -0.25) is 4.98 Å². The van der Waals surface area contributed by atoms with Gasteiger partial charge in [-0.05, 0) is 67.1 Å². The molecular formula is C26H17FN6. The number of rotatable bonds is 3. The van der Waals surface area contributed by atoms with E-state index >= 15 is 0 Å². The van der Waals surface area contributed by atoms with Crippen molar-refractivity contribution in [2.75, 3.05) is 5.73 Å². The number of aryl methyl sites for hydroxylation is 1. The number of nitrogens with two attached hydrogens (primary N) is 1. The number of fused-ring (bicyclic) bond motifs is 1.